The van der Waals surface area contributed by atoms with Gasteiger partial charge in [0.1, 0.15) is 17.1 Å². The molecular formula is C17H13FN2O4S. The summed E-state index contributed by atoms with van der Waals surface area (Å²) in [4.78, 5) is 27.6. The smallest absolute Gasteiger partial charge is 0.316 e. The standard InChI is InChI=1S/C17H13FN2O4S/c18-11-5-7-12(8-6-11)19-15(21)9-23-16(22)10-25-17-20-13-3-1-2-4-14(13)24-17/h1-8H,9-10H2,(H,19,21). The molecular weight excluding hydrogens is 347 g/mol. The number of aromatic nitrogens is 1. The lowest BCUT2D eigenvalue weighted by Crippen LogP contribution is -2.21. The molecule has 0 atom stereocenters. The molecule has 0 saturated carbocycles. The van der Waals surface area contributed by atoms with Crippen LogP contribution < -0.4 is 5.32 Å². The highest BCUT2D eigenvalue weighted by Crippen LogP contribution is 2.23. The number of oxazole rings is 1. The first-order valence-electron chi connectivity index (χ1n) is 7.29. The van der Waals surface area contributed by atoms with Crippen molar-refractivity contribution in [2.24, 2.45) is 0 Å². The van der Waals surface area contributed by atoms with Gasteiger partial charge in [0.15, 0.2) is 12.2 Å². The predicted octanol–water partition coefficient (Wildman–Crippen LogP) is 3.24. The van der Waals surface area contributed by atoms with Crippen LogP contribution in [-0.2, 0) is 14.3 Å². The average Bonchev–Trinajstić information content (AvgIpc) is 3.03. The molecule has 0 unspecified atom stereocenters. The van der Waals surface area contributed by atoms with Gasteiger partial charge in [0.05, 0.1) is 0 Å². The number of nitrogens with zero attached hydrogens (tertiary/aromatic N) is 1. The van der Waals surface area contributed by atoms with Crippen molar-refractivity contribution < 1.29 is 23.1 Å². The van der Waals surface area contributed by atoms with Crippen molar-refractivity contribution in [3.63, 3.8) is 0 Å². The zero-order valence-corrected chi connectivity index (χ0v) is 13.7. The molecule has 25 heavy (non-hydrogen) atoms. The second-order valence-electron chi connectivity index (χ2n) is 4.95. The summed E-state index contributed by atoms with van der Waals surface area (Å²) in [5.41, 5.74) is 1.76. The van der Waals surface area contributed by atoms with Gasteiger partial charge in [-0.15, -0.1) is 0 Å². The lowest BCUT2D eigenvalue weighted by Gasteiger charge is -2.06. The van der Waals surface area contributed by atoms with Gasteiger partial charge in [0.25, 0.3) is 11.1 Å². The number of nitrogens with one attached hydrogen (secondary N) is 1. The number of halogens is 1. The first-order chi connectivity index (χ1) is 12.1. The molecule has 2 aromatic carbocycles. The summed E-state index contributed by atoms with van der Waals surface area (Å²) >= 11 is 1.09. The van der Waals surface area contributed by atoms with E-state index in [0.717, 1.165) is 11.8 Å². The van der Waals surface area contributed by atoms with Crippen molar-refractivity contribution in [2.45, 2.75) is 5.22 Å². The molecule has 0 aliphatic rings. The minimum Gasteiger partial charge on any atom is -0.455 e. The number of hydrogen-bond acceptors (Lipinski definition) is 6. The van der Waals surface area contributed by atoms with Crippen LogP contribution in [0.15, 0.2) is 58.2 Å². The Labute approximate surface area is 146 Å². The highest BCUT2D eigenvalue weighted by Gasteiger charge is 2.12. The van der Waals surface area contributed by atoms with Crippen molar-refractivity contribution in [1.29, 1.82) is 0 Å². The van der Waals surface area contributed by atoms with Crippen molar-refractivity contribution >= 4 is 40.4 Å². The Balaban J connectivity index is 1.43. The van der Waals surface area contributed by atoms with Gasteiger partial charge in [-0.2, -0.15) is 0 Å². The van der Waals surface area contributed by atoms with E-state index in [1.54, 1.807) is 12.1 Å². The lowest BCUT2D eigenvalue weighted by molar-refractivity contribution is -0.144. The number of para-hydroxylation sites is 2. The quantitative estimate of drug-likeness (QED) is 0.537. The molecule has 0 bridgehead atoms. The van der Waals surface area contributed by atoms with Crippen molar-refractivity contribution in [3.05, 3.63) is 54.3 Å². The molecule has 0 aliphatic heterocycles. The third kappa shape index (κ3) is 4.80. The Morgan fingerprint density at radius 2 is 1.92 bits per heavy atom. The third-order valence-electron chi connectivity index (χ3n) is 3.08. The summed E-state index contributed by atoms with van der Waals surface area (Å²) in [5, 5.41) is 2.85. The molecule has 0 radical (unpaired) electrons. The van der Waals surface area contributed by atoms with Crippen LogP contribution in [0.2, 0.25) is 0 Å². The number of thioether (sulfide) groups is 1. The van der Waals surface area contributed by atoms with Crippen molar-refractivity contribution in [2.75, 3.05) is 17.7 Å². The van der Waals surface area contributed by atoms with E-state index >= 15 is 0 Å². The molecule has 128 valence electrons. The van der Waals surface area contributed by atoms with E-state index in [4.69, 9.17) is 9.15 Å². The van der Waals surface area contributed by atoms with Gasteiger partial charge in [-0.3, -0.25) is 9.59 Å². The minimum atomic E-state index is -0.568. The fourth-order valence-electron chi connectivity index (χ4n) is 1.95. The van der Waals surface area contributed by atoms with Crippen LogP contribution >= 0.6 is 11.8 Å². The first kappa shape index (κ1) is 17.0. The zero-order valence-electron chi connectivity index (χ0n) is 12.9. The molecule has 1 heterocycles. The topological polar surface area (TPSA) is 81.4 Å². The van der Waals surface area contributed by atoms with Crippen LogP contribution in [-0.4, -0.2) is 29.2 Å². The Hall–Kier alpha value is -2.87. The fourth-order valence-corrected chi connectivity index (χ4v) is 2.59. The first-order valence-corrected chi connectivity index (χ1v) is 8.28. The number of carbonyl (C=O) groups excluding carboxylic acids is 2. The molecule has 1 amide bonds. The second-order valence-corrected chi connectivity index (χ2v) is 5.88. The normalized spacial score (nSPS) is 10.6. The van der Waals surface area contributed by atoms with Gasteiger partial charge in [-0.25, -0.2) is 9.37 Å². The number of fused-ring (bicyclic) bond motifs is 1. The molecule has 6 nitrogen and oxygen atoms in total. The number of ether oxygens (including phenoxy) is 1. The van der Waals surface area contributed by atoms with E-state index in [0.29, 0.717) is 22.0 Å². The van der Waals surface area contributed by atoms with Crippen LogP contribution in [0.25, 0.3) is 11.1 Å². The second kappa shape index (κ2) is 7.80. The van der Waals surface area contributed by atoms with E-state index in [2.05, 4.69) is 10.3 Å². The maximum Gasteiger partial charge on any atom is 0.316 e. The highest BCUT2D eigenvalue weighted by atomic mass is 32.2. The molecule has 0 aliphatic carbocycles. The van der Waals surface area contributed by atoms with E-state index in [-0.39, 0.29) is 5.75 Å². The van der Waals surface area contributed by atoms with Gasteiger partial charge in [-0.1, -0.05) is 23.9 Å². The van der Waals surface area contributed by atoms with Crippen LogP contribution in [0.1, 0.15) is 0 Å². The van der Waals surface area contributed by atoms with Crippen molar-refractivity contribution in [3.8, 4) is 0 Å². The number of carbonyl (C=O) groups is 2. The average molecular weight is 360 g/mol. The van der Waals surface area contributed by atoms with Crippen LogP contribution in [0, 0.1) is 5.82 Å². The monoisotopic (exact) mass is 360 g/mol. The summed E-state index contributed by atoms with van der Waals surface area (Å²) in [6.07, 6.45) is 0. The number of amides is 1. The molecule has 3 rings (SSSR count). The summed E-state index contributed by atoms with van der Waals surface area (Å²) in [7, 11) is 0. The number of benzene rings is 2. The Bertz CT molecular complexity index is 862. The molecule has 0 saturated heterocycles. The minimum absolute atomic E-state index is 0.0311. The highest BCUT2D eigenvalue weighted by molar-refractivity contribution is 7.99. The number of hydrogen-bond donors (Lipinski definition) is 1. The van der Waals surface area contributed by atoms with E-state index in [9.17, 15) is 14.0 Å². The molecule has 1 aromatic heterocycles. The van der Waals surface area contributed by atoms with Gasteiger partial charge in [-0.05, 0) is 36.4 Å². The van der Waals surface area contributed by atoms with Crippen molar-refractivity contribution in [1.82, 2.24) is 4.98 Å². The maximum atomic E-state index is 12.8. The van der Waals surface area contributed by atoms with Gasteiger partial charge < -0.3 is 14.5 Å². The van der Waals surface area contributed by atoms with Crippen LogP contribution in [0.4, 0.5) is 10.1 Å². The van der Waals surface area contributed by atoms with Crippen LogP contribution in [0.3, 0.4) is 0 Å². The molecule has 8 heteroatoms. The largest absolute Gasteiger partial charge is 0.455 e. The number of anilines is 1. The third-order valence-corrected chi connectivity index (χ3v) is 3.88. The summed E-state index contributed by atoms with van der Waals surface area (Å²) in [6, 6.07) is 12.5. The number of rotatable bonds is 6. The predicted molar refractivity (Wildman–Crippen MR) is 90.7 cm³/mol. The lowest BCUT2D eigenvalue weighted by atomic mass is 10.3. The van der Waals surface area contributed by atoms with Gasteiger partial charge >= 0.3 is 5.97 Å². The Kier molecular flexibility index (Phi) is 5.30. The van der Waals surface area contributed by atoms with E-state index in [1.807, 2.05) is 12.1 Å². The summed E-state index contributed by atoms with van der Waals surface area (Å²) in [5.74, 6) is -1.51. The fraction of sp³-hybridized carbons (Fsp3) is 0.118. The Morgan fingerprint density at radius 1 is 1.16 bits per heavy atom. The summed E-state index contributed by atoms with van der Waals surface area (Å²) < 4.78 is 23.1. The molecule has 0 spiro atoms. The molecule has 3 aromatic rings. The molecule has 1 N–H and O–H groups in total. The Morgan fingerprint density at radius 3 is 2.68 bits per heavy atom. The summed E-state index contributed by atoms with van der Waals surface area (Å²) in [6.45, 7) is -0.426. The molecule has 0 fully saturated rings. The van der Waals surface area contributed by atoms with Crippen LogP contribution in [0.5, 0.6) is 0 Å². The number of esters is 1. The maximum absolute atomic E-state index is 12.8. The zero-order chi connectivity index (χ0) is 17.6. The van der Waals surface area contributed by atoms with E-state index < -0.39 is 24.3 Å². The van der Waals surface area contributed by atoms with Gasteiger partial charge in [0, 0.05) is 5.69 Å². The van der Waals surface area contributed by atoms with Gasteiger partial charge in [0.2, 0.25) is 0 Å². The van der Waals surface area contributed by atoms with E-state index in [1.165, 1.54) is 24.3 Å². The SMILES string of the molecule is O=C(COC(=O)CSc1nc2ccccc2o1)Nc1ccc(F)cc1.